The first kappa shape index (κ1) is 15.3. The summed E-state index contributed by atoms with van der Waals surface area (Å²) < 4.78 is 6.86. The highest BCUT2D eigenvalue weighted by atomic mass is 16.5. The molecule has 3 heteroatoms. The molecular formula is C24H22N2O. The van der Waals surface area contributed by atoms with Crippen molar-refractivity contribution in [2.24, 2.45) is 4.99 Å². The second kappa shape index (κ2) is 4.92. The Morgan fingerprint density at radius 3 is 2.81 bits per heavy atom. The van der Waals surface area contributed by atoms with Crippen LogP contribution in [0.4, 0.5) is 11.4 Å². The molecule has 3 aromatic carbocycles. The van der Waals surface area contributed by atoms with Crippen molar-refractivity contribution in [2.45, 2.75) is 37.8 Å². The lowest BCUT2D eigenvalue weighted by atomic mass is 9.77. The number of ether oxygens (including phenoxy) is 1. The van der Waals surface area contributed by atoms with Crippen molar-refractivity contribution in [2.75, 3.05) is 11.4 Å². The zero-order chi connectivity index (χ0) is 18.2. The van der Waals surface area contributed by atoms with Gasteiger partial charge in [-0.25, -0.2) is 0 Å². The quantitative estimate of drug-likeness (QED) is 0.542. The molecule has 3 aliphatic rings. The number of para-hydroxylation sites is 1. The molecule has 0 fully saturated rings. The average molecular weight is 354 g/mol. The lowest BCUT2D eigenvalue weighted by Gasteiger charge is -2.47. The van der Waals surface area contributed by atoms with Gasteiger partial charge in [0, 0.05) is 17.6 Å². The third-order valence-corrected chi connectivity index (χ3v) is 6.68. The van der Waals surface area contributed by atoms with E-state index in [-0.39, 0.29) is 5.41 Å². The molecule has 0 N–H and O–H groups in total. The van der Waals surface area contributed by atoms with Gasteiger partial charge >= 0.3 is 0 Å². The Hall–Kier alpha value is -2.81. The molecule has 0 saturated carbocycles. The molecule has 0 saturated heterocycles. The van der Waals surface area contributed by atoms with Crippen LogP contribution in [0.3, 0.4) is 0 Å². The van der Waals surface area contributed by atoms with Crippen LogP contribution in [-0.4, -0.2) is 18.5 Å². The summed E-state index contributed by atoms with van der Waals surface area (Å²) in [6, 6.07) is 19.3. The molecule has 3 heterocycles. The van der Waals surface area contributed by atoms with Gasteiger partial charge in [0.25, 0.3) is 0 Å². The fraction of sp³-hybridized carbons (Fsp3) is 0.292. The van der Waals surface area contributed by atoms with Gasteiger partial charge in [-0.2, -0.15) is 0 Å². The molecule has 0 radical (unpaired) electrons. The minimum atomic E-state index is -0.568. The van der Waals surface area contributed by atoms with E-state index in [1.54, 1.807) is 0 Å². The third kappa shape index (κ3) is 1.75. The molecule has 6 rings (SSSR count). The van der Waals surface area contributed by atoms with E-state index in [1.165, 1.54) is 22.2 Å². The van der Waals surface area contributed by atoms with Crippen LogP contribution in [0.15, 0.2) is 59.6 Å². The Bertz CT molecular complexity index is 1130. The first-order valence-corrected chi connectivity index (χ1v) is 9.78. The van der Waals surface area contributed by atoms with E-state index < -0.39 is 5.72 Å². The molecule has 1 spiro atoms. The number of benzene rings is 3. The van der Waals surface area contributed by atoms with E-state index in [0.29, 0.717) is 0 Å². The van der Waals surface area contributed by atoms with Gasteiger partial charge in [-0.1, -0.05) is 48.5 Å². The van der Waals surface area contributed by atoms with Crippen molar-refractivity contribution in [3.05, 3.63) is 65.7 Å². The van der Waals surface area contributed by atoms with Gasteiger partial charge in [-0.15, -0.1) is 0 Å². The van der Waals surface area contributed by atoms with E-state index in [1.807, 2.05) is 0 Å². The van der Waals surface area contributed by atoms with E-state index in [2.05, 4.69) is 79.6 Å². The van der Waals surface area contributed by atoms with Gasteiger partial charge in [-0.05, 0) is 49.3 Å². The highest BCUT2D eigenvalue weighted by Crippen LogP contribution is 2.56. The predicted molar refractivity (Wildman–Crippen MR) is 111 cm³/mol. The standard InChI is InChI=1S/C24H22N2O/c1-23(2)19-11-5-8-17-9-6-14-26(22(17)19)24(23)15-25-21-18-10-4-3-7-16(18)12-13-20(21)27-24/h3-5,7-8,10-13,15H,6,9,14H2,1-2H3. The van der Waals surface area contributed by atoms with Crippen LogP contribution in [0.5, 0.6) is 5.75 Å². The number of nitrogens with zero attached hydrogens (tertiary/aromatic N) is 2. The molecule has 0 bridgehead atoms. The maximum atomic E-state index is 6.86. The number of rotatable bonds is 0. The summed E-state index contributed by atoms with van der Waals surface area (Å²) >= 11 is 0. The van der Waals surface area contributed by atoms with Gasteiger partial charge in [0.1, 0.15) is 11.4 Å². The molecule has 0 aliphatic carbocycles. The van der Waals surface area contributed by atoms with Crippen molar-refractivity contribution < 1.29 is 4.74 Å². The van der Waals surface area contributed by atoms with E-state index in [0.717, 1.165) is 36.2 Å². The Labute approximate surface area is 159 Å². The summed E-state index contributed by atoms with van der Waals surface area (Å²) in [5.74, 6) is 0.879. The van der Waals surface area contributed by atoms with E-state index in [4.69, 9.17) is 9.73 Å². The maximum Gasteiger partial charge on any atom is 0.228 e. The van der Waals surface area contributed by atoms with E-state index >= 15 is 0 Å². The van der Waals surface area contributed by atoms with Gasteiger partial charge in [0.05, 0.1) is 11.6 Å². The van der Waals surface area contributed by atoms with Crippen LogP contribution in [0.1, 0.15) is 31.4 Å². The molecule has 134 valence electrons. The summed E-state index contributed by atoms with van der Waals surface area (Å²) in [4.78, 5) is 7.46. The molecular weight excluding hydrogens is 332 g/mol. The summed E-state index contributed by atoms with van der Waals surface area (Å²) in [7, 11) is 0. The largest absolute Gasteiger partial charge is 0.459 e. The molecule has 3 nitrogen and oxygen atoms in total. The lowest BCUT2D eigenvalue weighted by molar-refractivity contribution is 0.0770. The minimum Gasteiger partial charge on any atom is -0.459 e. The minimum absolute atomic E-state index is 0.185. The van der Waals surface area contributed by atoms with Crippen molar-refractivity contribution in [3.8, 4) is 5.75 Å². The Kier molecular flexibility index (Phi) is 2.78. The van der Waals surface area contributed by atoms with Gasteiger partial charge in [0.2, 0.25) is 5.72 Å². The highest BCUT2D eigenvalue weighted by molar-refractivity contribution is 6.00. The predicted octanol–water partition coefficient (Wildman–Crippen LogP) is 5.37. The molecule has 3 aromatic rings. The zero-order valence-electron chi connectivity index (χ0n) is 15.7. The topological polar surface area (TPSA) is 24.8 Å². The summed E-state index contributed by atoms with van der Waals surface area (Å²) in [6.45, 7) is 5.58. The molecule has 27 heavy (non-hydrogen) atoms. The Morgan fingerprint density at radius 2 is 1.89 bits per heavy atom. The van der Waals surface area contributed by atoms with E-state index in [9.17, 15) is 0 Å². The fourth-order valence-corrected chi connectivity index (χ4v) is 5.23. The summed E-state index contributed by atoms with van der Waals surface area (Å²) in [5, 5.41) is 2.34. The number of hydrogen-bond acceptors (Lipinski definition) is 3. The number of hydrogen-bond donors (Lipinski definition) is 0. The Morgan fingerprint density at radius 1 is 1.00 bits per heavy atom. The number of fused-ring (bicyclic) bond motifs is 4. The smallest absolute Gasteiger partial charge is 0.228 e. The van der Waals surface area contributed by atoms with Gasteiger partial charge in [-0.3, -0.25) is 4.99 Å². The first-order chi connectivity index (χ1) is 13.1. The summed E-state index contributed by atoms with van der Waals surface area (Å²) in [5.41, 5.74) is 4.36. The van der Waals surface area contributed by atoms with Crippen LogP contribution >= 0.6 is 0 Å². The molecule has 0 amide bonds. The SMILES string of the molecule is CC1(C)c2cccc3c2N(CCC3)C12C=Nc1c(ccc3ccccc13)O2. The van der Waals surface area contributed by atoms with Crippen molar-refractivity contribution in [3.63, 3.8) is 0 Å². The lowest BCUT2D eigenvalue weighted by Crippen LogP contribution is -2.62. The monoisotopic (exact) mass is 354 g/mol. The number of aryl methyl sites for hydroxylation is 1. The molecule has 1 atom stereocenters. The van der Waals surface area contributed by atoms with Gasteiger partial charge < -0.3 is 9.64 Å². The number of anilines is 1. The summed E-state index contributed by atoms with van der Waals surface area (Å²) in [6.07, 6.45) is 4.36. The second-order valence-corrected chi connectivity index (χ2v) is 8.38. The third-order valence-electron chi connectivity index (χ3n) is 6.68. The van der Waals surface area contributed by atoms with Crippen LogP contribution in [0.25, 0.3) is 10.8 Å². The van der Waals surface area contributed by atoms with Crippen LogP contribution in [0.2, 0.25) is 0 Å². The molecule has 1 unspecified atom stereocenters. The second-order valence-electron chi connectivity index (χ2n) is 8.38. The molecule has 0 aromatic heterocycles. The van der Waals surface area contributed by atoms with Crippen molar-refractivity contribution in [1.82, 2.24) is 0 Å². The van der Waals surface area contributed by atoms with Crippen molar-refractivity contribution >= 4 is 28.4 Å². The Balaban J connectivity index is 1.58. The number of aliphatic imine (C=N–C) groups is 1. The molecule has 3 aliphatic heterocycles. The maximum absolute atomic E-state index is 6.86. The first-order valence-electron chi connectivity index (χ1n) is 9.78. The van der Waals surface area contributed by atoms with Crippen LogP contribution in [0, 0.1) is 0 Å². The van der Waals surface area contributed by atoms with Gasteiger partial charge in [0.15, 0.2) is 0 Å². The normalized spacial score (nSPS) is 24.0. The van der Waals surface area contributed by atoms with Crippen molar-refractivity contribution in [1.29, 1.82) is 0 Å². The van der Waals surface area contributed by atoms with Crippen LogP contribution < -0.4 is 9.64 Å². The fourth-order valence-electron chi connectivity index (χ4n) is 5.23. The highest BCUT2D eigenvalue weighted by Gasteiger charge is 2.60. The average Bonchev–Trinajstić information content (AvgIpc) is 2.88. The zero-order valence-corrected chi connectivity index (χ0v) is 15.7. The van der Waals surface area contributed by atoms with Crippen LogP contribution in [-0.2, 0) is 11.8 Å².